The van der Waals surface area contributed by atoms with Crippen molar-refractivity contribution in [1.29, 1.82) is 0 Å². The highest BCUT2D eigenvalue weighted by atomic mass is 16.6. The normalized spacial score (nSPS) is 13.7. The zero-order valence-electron chi connectivity index (χ0n) is 9.59. The quantitative estimate of drug-likeness (QED) is 0.341. The topological polar surface area (TPSA) is 75.7 Å². The minimum Gasteiger partial charge on any atom is -0.277 e. The number of hydroxylamine groups is 1. The first-order valence-electron chi connectivity index (χ1n) is 5.52. The van der Waals surface area contributed by atoms with Gasteiger partial charge in [0, 0.05) is 6.54 Å². The number of amides is 3. The predicted molar refractivity (Wildman–Crippen MR) is 61.6 cm³/mol. The molecule has 1 aliphatic heterocycles. The Labute approximate surface area is 103 Å². The second-order valence-electron chi connectivity index (χ2n) is 3.75. The number of benzene rings is 1. The van der Waals surface area contributed by atoms with Crippen LogP contribution in [0.1, 0.15) is 27.1 Å². The highest BCUT2D eigenvalue weighted by molar-refractivity contribution is 6.21. The van der Waals surface area contributed by atoms with Gasteiger partial charge in [-0.3, -0.25) is 24.1 Å². The third-order valence-corrected chi connectivity index (χ3v) is 2.64. The summed E-state index contributed by atoms with van der Waals surface area (Å²) >= 11 is 0. The minimum atomic E-state index is -0.279. The number of hydrogen-bond acceptors (Lipinski definition) is 4. The molecule has 1 heterocycles. The molecule has 1 aromatic carbocycles. The average molecular weight is 248 g/mol. The third-order valence-electron chi connectivity index (χ3n) is 2.64. The molecule has 0 fully saturated rings. The number of fused-ring (bicyclic) bond motifs is 1. The van der Waals surface area contributed by atoms with Crippen LogP contribution in [0, 0.1) is 0 Å². The molecular weight excluding hydrogens is 236 g/mol. The van der Waals surface area contributed by atoms with E-state index in [1.807, 2.05) is 5.48 Å². The van der Waals surface area contributed by atoms with Gasteiger partial charge in [0.1, 0.15) is 0 Å². The van der Waals surface area contributed by atoms with Crippen LogP contribution in [-0.2, 0) is 9.63 Å². The molecular formula is C12H12N2O4. The summed E-state index contributed by atoms with van der Waals surface area (Å²) in [6.45, 7) is 0.513. The van der Waals surface area contributed by atoms with Gasteiger partial charge in [-0.2, -0.15) is 0 Å². The van der Waals surface area contributed by atoms with Crippen molar-refractivity contribution in [3.8, 4) is 0 Å². The van der Waals surface area contributed by atoms with E-state index in [0.29, 0.717) is 24.0 Å². The molecule has 3 amide bonds. The summed E-state index contributed by atoms with van der Waals surface area (Å²) in [7, 11) is 0. The Morgan fingerprint density at radius 3 is 2.33 bits per heavy atom. The lowest BCUT2D eigenvalue weighted by atomic mass is 10.1. The van der Waals surface area contributed by atoms with E-state index in [0.717, 1.165) is 0 Å². The van der Waals surface area contributed by atoms with E-state index >= 15 is 0 Å². The van der Waals surface area contributed by atoms with Gasteiger partial charge in [-0.1, -0.05) is 12.1 Å². The molecule has 6 heteroatoms. The molecule has 0 spiro atoms. The third kappa shape index (κ3) is 2.23. The van der Waals surface area contributed by atoms with Gasteiger partial charge in [-0.15, -0.1) is 0 Å². The van der Waals surface area contributed by atoms with Gasteiger partial charge in [0.2, 0.25) is 6.41 Å². The molecule has 0 atom stereocenters. The van der Waals surface area contributed by atoms with Crippen LogP contribution in [0.25, 0.3) is 0 Å². The Bertz CT molecular complexity index is 452. The number of hydrogen-bond donors (Lipinski definition) is 1. The van der Waals surface area contributed by atoms with Gasteiger partial charge in [0.25, 0.3) is 11.8 Å². The maximum absolute atomic E-state index is 11.9. The molecule has 0 aliphatic carbocycles. The molecule has 0 unspecified atom stereocenters. The van der Waals surface area contributed by atoms with Crippen LogP contribution in [0.2, 0.25) is 0 Å². The van der Waals surface area contributed by atoms with Gasteiger partial charge >= 0.3 is 0 Å². The standard InChI is InChI=1S/C12H12N2O4/c15-8-13-18-7-3-6-14-11(16)9-4-1-2-5-10(9)12(14)17/h1-2,4-5,8H,3,6-7H2,(H,13,15). The van der Waals surface area contributed by atoms with Crippen molar-refractivity contribution < 1.29 is 19.2 Å². The van der Waals surface area contributed by atoms with Gasteiger partial charge in [0.05, 0.1) is 17.7 Å². The number of carbonyl (C=O) groups is 3. The summed E-state index contributed by atoms with van der Waals surface area (Å²) in [5.74, 6) is -0.558. The molecule has 1 aliphatic rings. The van der Waals surface area contributed by atoms with Crippen molar-refractivity contribution in [3.63, 3.8) is 0 Å². The molecule has 1 aromatic rings. The molecule has 0 saturated carbocycles. The number of imide groups is 1. The molecule has 0 aromatic heterocycles. The molecule has 2 rings (SSSR count). The number of nitrogens with one attached hydrogen (secondary N) is 1. The van der Waals surface area contributed by atoms with E-state index in [1.165, 1.54) is 4.90 Å². The van der Waals surface area contributed by atoms with Crippen molar-refractivity contribution in [2.75, 3.05) is 13.2 Å². The summed E-state index contributed by atoms with van der Waals surface area (Å²) in [6.07, 6.45) is 0.883. The van der Waals surface area contributed by atoms with E-state index < -0.39 is 0 Å². The highest BCUT2D eigenvalue weighted by Crippen LogP contribution is 2.22. The van der Waals surface area contributed by atoms with Gasteiger partial charge in [-0.25, -0.2) is 5.48 Å². The Morgan fingerprint density at radius 1 is 1.17 bits per heavy atom. The van der Waals surface area contributed by atoms with Crippen LogP contribution in [0.5, 0.6) is 0 Å². The number of carbonyl (C=O) groups excluding carboxylic acids is 3. The van der Waals surface area contributed by atoms with Crippen molar-refractivity contribution >= 4 is 18.2 Å². The van der Waals surface area contributed by atoms with E-state index in [-0.39, 0.29) is 25.0 Å². The maximum atomic E-state index is 11.9. The van der Waals surface area contributed by atoms with E-state index in [2.05, 4.69) is 0 Å². The average Bonchev–Trinajstić information content (AvgIpc) is 2.64. The van der Waals surface area contributed by atoms with Crippen molar-refractivity contribution in [1.82, 2.24) is 10.4 Å². The van der Waals surface area contributed by atoms with Crippen LogP contribution >= 0.6 is 0 Å². The zero-order valence-corrected chi connectivity index (χ0v) is 9.59. The van der Waals surface area contributed by atoms with Gasteiger partial charge in [-0.05, 0) is 18.6 Å². The molecule has 94 valence electrons. The lowest BCUT2D eigenvalue weighted by molar-refractivity contribution is -0.120. The first-order chi connectivity index (χ1) is 8.75. The van der Waals surface area contributed by atoms with Crippen molar-refractivity contribution in [3.05, 3.63) is 35.4 Å². The predicted octanol–water partition coefficient (Wildman–Crippen LogP) is 0.350. The summed E-state index contributed by atoms with van der Waals surface area (Å²) in [5, 5.41) is 0. The molecule has 1 N–H and O–H groups in total. The molecule has 18 heavy (non-hydrogen) atoms. The minimum absolute atomic E-state index is 0.242. The first kappa shape index (κ1) is 12.3. The number of rotatable bonds is 6. The largest absolute Gasteiger partial charge is 0.277 e. The fourth-order valence-electron chi connectivity index (χ4n) is 1.83. The first-order valence-corrected chi connectivity index (χ1v) is 5.52. The van der Waals surface area contributed by atoms with Crippen LogP contribution in [0.15, 0.2) is 24.3 Å². The maximum Gasteiger partial charge on any atom is 0.261 e. The lowest BCUT2D eigenvalue weighted by Crippen LogP contribution is -2.31. The molecule has 0 radical (unpaired) electrons. The fraction of sp³-hybridized carbons (Fsp3) is 0.250. The van der Waals surface area contributed by atoms with Crippen LogP contribution < -0.4 is 5.48 Å². The van der Waals surface area contributed by atoms with Gasteiger partial charge < -0.3 is 0 Å². The summed E-state index contributed by atoms with van der Waals surface area (Å²) in [5.41, 5.74) is 2.92. The SMILES string of the molecule is O=CNOCCCN1C(=O)c2ccccc2C1=O. The Kier molecular flexibility index (Phi) is 3.69. The van der Waals surface area contributed by atoms with Crippen molar-refractivity contribution in [2.24, 2.45) is 0 Å². The Morgan fingerprint density at radius 2 is 1.78 bits per heavy atom. The second kappa shape index (κ2) is 5.42. The Hall–Kier alpha value is -2.21. The van der Waals surface area contributed by atoms with Crippen LogP contribution in [0.4, 0.5) is 0 Å². The molecule has 0 bridgehead atoms. The van der Waals surface area contributed by atoms with Crippen LogP contribution in [-0.4, -0.2) is 36.3 Å². The van der Waals surface area contributed by atoms with E-state index in [4.69, 9.17) is 4.84 Å². The second-order valence-corrected chi connectivity index (χ2v) is 3.75. The van der Waals surface area contributed by atoms with E-state index in [9.17, 15) is 14.4 Å². The smallest absolute Gasteiger partial charge is 0.261 e. The van der Waals surface area contributed by atoms with E-state index in [1.54, 1.807) is 24.3 Å². The Balaban J connectivity index is 1.94. The van der Waals surface area contributed by atoms with Crippen molar-refractivity contribution in [2.45, 2.75) is 6.42 Å². The molecule has 0 saturated heterocycles. The lowest BCUT2D eigenvalue weighted by Gasteiger charge is -2.13. The van der Waals surface area contributed by atoms with Gasteiger partial charge in [0.15, 0.2) is 0 Å². The summed E-state index contributed by atoms with van der Waals surface area (Å²) < 4.78 is 0. The highest BCUT2D eigenvalue weighted by Gasteiger charge is 2.34. The fourth-order valence-corrected chi connectivity index (χ4v) is 1.83. The summed E-state index contributed by atoms with van der Waals surface area (Å²) in [6, 6.07) is 6.73. The number of nitrogens with zero attached hydrogens (tertiary/aromatic N) is 1. The monoisotopic (exact) mass is 248 g/mol. The molecule has 6 nitrogen and oxygen atoms in total. The summed E-state index contributed by atoms with van der Waals surface area (Å²) in [4.78, 5) is 39.7. The zero-order chi connectivity index (χ0) is 13.0. The van der Waals surface area contributed by atoms with Crippen LogP contribution in [0.3, 0.4) is 0 Å².